The van der Waals surface area contributed by atoms with E-state index < -0.39 is 0 Å². The molecule has 0 aromatic carbocycles. The third-order valence-electron chi connectivity index (χ3n) is 2.15. The van der Waals surface area contributed by atoms with E-state index in [4.69, 9.17) is 0 Å². The van der Waals surface area contributed by atoms with Crippen molar-refractivity contribution in [3.63, 3.8) is 0 Å². The molecule has 11 heavy (non-hydrogen) atoms. The SMILES string of the molecule is CNCc1cc2c(s1)CCC2. The van der Waals surface area contributed by atoms with Gasteiger partial charge in [0.2, 0.25) is 0 Å². The van der Waals surface area contributed by atoms with E-state index in [9.17, 15) is 0 Å². The zero-order chi connectivity index (χ0) is 7.68. The topological polar surface area (TPSA) is 12.0 Å². The van der Waals surface area contributed by atoms with Crippen LogP contribution in [0.1, 0.15) is 21.7 Å². The fourth-order valence-corrected chi connectivity index (χ4v) is 2.92. The van der Waals surface area contributed by atoms with Crippen molar-refractivity contribution in [2.75, 3.05) is 7.05 Å². The standard InChI is InChI=1S/C9H13NS/c1-10-6-8-5-7-3-2-4-9(7)11-8/h5,10H,2-4,6H2,1H3. The molecule has 2 rings (SSSR count). The molecule has 1 aliphatic rings. The minimum atomic E-state index is 1.04. The second-order valence-corrected chi connectivity index (χ2v) is 4.27. The lowest BCUT2D eigenvalue weighted by Gasteiger charge is -1.92. The summed E-state index contributed by atoms with van der Waals surface area (Å²) in [7, 11) is 2.00. The summed E-state index contributed by atoms with van der Waals surface area (Å²) in [4.78, 5) is 3.13. The molecule has 0 aliphatic heterocycles. The predicted molar refractivity (Wildman–Crippen MR) is 49.1 cm³/mol. The van der Waals surface area contributed by atoms with Crippen molar-refractivity contribution in [2.45, 2.75) is 25.8 Å². The first-order valence-corrected chi connectivity index (χ1v) is 4.97. The fourth-order valence-electron chi connectivity index (χ4n) is 1.65. The van der Waals surface area contributed by atoms with E-state index in [1.807, 2.05) is 18.4 Å². The van der Waals surface area contributed by atoms with E-state index in [1.165, 1.54) is 24.1 Å². The van der Waals surface area contributed by atoms with Gasteiger partial charge in [-0.3, -0.25) is 0 Å². The minimum Gasteiger partial charge on any atom is -0.315 e. The molecule has 1 heterocycles. The first-order chi connectivity index (χ1) is 5.40. The number of fused-ring (bicyclic) bond motifs is 1. The second kappa shape index (κ2) is 2.95. The molecule has 1 aromatic rings. The van der Waals surface area contributed by atoms with Gasteiger partial charge in [0, 0.05) is 16.3 Å². The molecule has 0 radical (unpaired) electrons. The molecule has 0 fully saturated rings. The van der Waals surface area contributed by atoms with E-state index in [2.05, 4.69) is 11.4 Å². The molecule has 1 N–H and O–H groups in total. The Bertz CT molecular complexity index is 231. The number of nitrogens with one attached hydrogen (secondary N) is 1. The highest BCUT2D eigenvalue weighted by Crippen LogP contribution is 2.30. The smallest absolute Gasteiger partial charge is 0.0296 e. The van der Waals surface area contributed by atoms with Crippen molar-refractivity contribution in [3.8, 4) is 0 Å². The normalized spacial score (nSPS) is 15.4. The molecule has 1 aromatic heterocycles. The van der Waals surface area contributed by atoms with Crippen LogP contribution >= 0.6 is 11.3 Å². The largest absolute Gasteiger partial charge is 0.315 e. The Morgan fingerprint density at radius 2 is 2.45 bits per heavy atom. The molecule has 0 saturated carbocycles. The zero-order valence-electron chi connectivity index (χ0n) is 6.81. The average molecular weight is 167 g/mol. The van der Waals surface area contributed by atoms with Gasteiger partial charge in [-0.15, -0.1) is 11.3 Å². The van der Waals surface area contributed by atoms with E-state index >= 15 is 0 Å². The maximum absolute atomic E-state index is 3.18. The van der Waals surface area contributed by atoms with Crippen molar-refractivity contribution >= 4 is 11.3 Å². The number of aryl methyl sites for hydroxylation is 2. The highest BCUT2D eigenvalue weighted by Gasteiger charge is 2.13. The van der Waals surface area contributed by atoms with Crippen LogP contribution in [0, 0.1) is 0 Å². The monoisotopic (exact) mass is 167 g/mol. The highest BCUT2D eigenvalue weighted by atomic mass is 32.1. The second-order valence-electron chi connectivity index (χ2n) is 3.05. The summed E-state index contributed by atoms with van der Waals surface area (Å²) in [6.07, 6.45) is 4.01. The maximum atomic E-state index is 3.18. The van der Waals surface area contributed by atoms with Gasteiger partial charge < -0.3 is 5.32 Å². The molecule has 0 unspecified atom stereocenters. The Labute approximate surface area is 71.4 Å². The molecule has 1 aliphatic carbocycles. The molecular weight excluding hydrogens is 154 g/mol. The molecule has 0 bridgehead atoms. The van der Waals surface area contributed by atoms with E-state index in [0.29, 0.717) is 0 Å². The van der Waals surface area contributed by atoms with Crippen LogP contribution in [0.5, 0.6) is 0 Å². The summed E-state index contributed by atoms with van der Waals surface area (Å²) in [5.41, 5.74) is 1.61. The molecule has 0 saturated heterocycles. The summed E-state index contributed by atoms with van der Waals surface area (Å²) in [5.74, 6) is 0. The van der Waals surface area contributed by atoms with Gasteiger partial charge >= 0.3 is 0 Å². The van der Waals surface area contributed by atoms with Gasteiger partial charge in [0.15, 0.2) is 0 Å². The fraction of sp³-hybridized carbons (Fsp3) is 0.556. The van der Waals surface area contributed by atoms with Crippen LogP contribution in [0.15, 0.2) is 6.07 Å². The van der Waals surface area contributed by atoms with Crippen LogP contribution in [0.25, 0.3) is 0 Å². The van der Waals surface area contributed by atoms with Crippen LogP contribution in [0.4, 0.5) is 0 Å². The molecule has 60 valence electrons. The molecular formula is C9H13NS. The Balaban J connectivity index is 2.20. The first kappa shape index (κ1) is 7.32. The lowest BCUT2D eigenvalue weighted by Crippen LogP contribution is -2.02. The number of rotatable bonds is 2. The van der Waals surface area contributed by atoms with E-state index in [0.717, 1.165) is 6.54 Å². The Hall–Kier alpha value is -0.340. The van der Waals surface area contributed by atoms with Crippen LogP contribution in [-0.4, -0.2) is 7.05 Å². The summed E-state index contributed by atoms with van der Waals surface area (Å²) < 4.78 is 0. The number of hydrogen-bond donors (Lipinski definition) is 1. The molecule has 0 amide bonds. The quantitative estimate of drug-likeness (QED) is 0.710. The zero-order valence-corrected chi connectivity index (χ0v) is 7.63. The summed E-state index contributed by atoms with van der Waals surface area (Å²) in [5, 5.41) is 3.18. The van der Waals surface area contributed by atoms with Gasteiger partial charge in [-0.25, -0.2) is 0 Å². The van der Waals surface area contributed by atoms with Gasteiger partial charge in [0.25, 0.3) is 0 Å². The third kappa shape index (κ3) is 1.33. The van der Waals surface area contributed by atoms with Gasteiger partial charge in [0.05, 0.1) is 0 Å². The lowest BCUT2D eigenvalue weighted by atomic mass is 10.2. The number of thiophene rings is 1. The highest BCUT2D eigenvalue weighted by molar-refractivity contribution is 7.12. The summed E-state index contributed by atoms with van der Waals surface area (Å²) in [6, 6.07) is 2.36. The molecule has 1 nitrogen and oxygen atoms in total. The van der Waals surface area contributed by atoms with Crippen molar-refractivity contribution in [3.05, 3.63) is 21.4 Å². The molecule has 0 spiro atoms. The van der Waals surface area contributed by atoms with E-state index in [-0.39, 0.29) is 0 Å². The minimum absolute atomic E-state index is 1.04. The van der Waals surface area contributed by atoms with Crippen molar-refractivity contribution in [1.29, 1.82) is 0 Å². The van der Waals surface area contributed by atoms with Crippen LogP contribution in [-0.2, 0) is 19.4 Å². The lowest BCUT2D eigenvalue weighted by molar-refractivity contribution is 0.829. The molecule has 2 heteroatoms. The maximum Gasteiger partial charge on any atom is 0.0296 e. The van der Waals surface area contributed by atoms with Gasteiger partial charge in [0.1, 0.15) is 0 Å². The third-order valence-corrected chi connectivity index (χ3v) is 3.39. The number of hydrogen-bond acceptors (Lipinski definition) is 2. The Morgan fingerprint density at radius 3 is 3.18 bits per heavy atom. The first-order valence-electron chi connectivity index (χ1n) is 4.15. The van der Waals surface area contributed by atoms with Crippen molar-refractivity contribution in [1.82, 2.24) is 5.32 Å². The molecule has 0 atom stereocenters. The summed E-state index contributed by atoms with van der Waals surface area (Å²) >= 11 is 1.98. The van der Waals surface area contributed by atoms with Gasteiger partial charge in [-0.2, -0.15) is 0 Å². The Kier molecular flexibility index (Phi) is 1.96. The van der Waals surface area contributed by atoms with Crippen LogP contribution < -0.4 is 5.32 Å². The summed E-state index contributed by atoms with van der Waals surface area (Å²) in [6.45, 7) is 1.04. The predicted octanol–water partition coefficient (Wildman–Crippen LogP) is 1.96. The van der Waals surface area contributed by atoms with Gasteiger partial charge in [-0.1, -0.05) is 0 Å². The van der Waals surface area contributed by atoms with E-state index in [1.54, 1.807) is 10.4 Å². The van der Waals surface area contributed by atoms with Crippen molar-refractivity contribution < 1.29 is 0 Å². The Morgan fingerprint density at radius 1 is 1.55 bits per heavy atom. The van der Waals surface area contributed by atoms with Gasteiger partial charge in [-0.05, 0) is 37.9 Å². The average Bonchev–Trinajstić information content (AvgIpc) is 2.46. The van der Waals surface area contributed by atoms with Crippen molar-refractivity contribution in [2.24, 2.45) is 0 Å². The van der Waals surface area contributed by atoms with Crippen LogP contribution in [0.2, 0.25) is 0 Å². The van der Waals surface area contributed by atoms with Crippen LogP contribution in [0.3, 0.4) is 0 Å².